The van der Waals surface area contributed by atoms with Crippen molar-refractivity contribution in [3.63, 3.8) is 0 Å². The smallest absolute Gasteiger partial charge is 0.261 e. The first-order valence-corrected chi connectivity index (χ1v) is 10.6. The Kier molecular flexibility index (Phi) is 5.02. The van der Waals surface area contributed by atoms with Crippen LogP contribution in [0.15, 0.2) is 21.3 Å². The minimum absolute atomic E-state index is 0.0115. The molecule has 146 valence electrons. The van der Waals surface area contributed by atoms with E-state index in [0.717, 1.165) is 29.8 Å². The summed E-state index contributed by atoms with van der Waals surface area (Å²) in [6.07, 6.45) is 1.99. The molecular formula is C21H29N3O2S. The molecule has 1 aromatic heterocycles. The lowest BCUT2D eigenvalue weighted by Crippen LogP contribution is -2.37. The van der Waals surface area contributed by atoms with Crippen LogP contribution in [0.3, 0.4) is 0 Å². The molecule has 2 aromatic rings. The van der Waals surface area contributed by atoms with E-state index in [0.29, 0.717) is 23.2 Å². The first kappa shape index (κ1) is 20.1. The molecule has 27 heavy (non-hydrogen) atoms. The second kappa shape index (κ2) is 6.74. The van der Waals surface area contributed by atoms with E-state index in [1.807, 2.05) is 51.3 Å². The number of fused-ring (bicyclic) bond motifs is 2. The highest BCUT2D eigenvalue weighted by Crippen LogP contribution is 2.32. The number of hydrogen-bond acceptors (Lipinski definition) is 4. The lowest BCUT2D eigenvalue weighted by molar-refractivity contribution is 0.341. The molecule has 0 radical (unpaired) electrons. The SMILES string of the molecule is CC(=N[S@+]([O-])C(C)(C)C)c1cc(C)cc2c(=O)n3c(nc12)C(C)(C)CCC3. The van der Waals surface area contributed by atoms with Crippen molar-refractivity contribution in [3.8, 4) is 0 Å². The van der Waals surface area contributed by atoms with E-state index < -0.39 is 16.1 Å². The van der Waals surface area contributed by atoms with Crippen LogP contribution in [0.5, 0.6) is 0 Å². The zero-order valence-corrected chi connectivity index (χ0v) is 18.2. The zero-order chi connectivity index (χ0) is 20.1. The maximum absolute atomic E-state index is 13.2. The normalized spacial score (nSPS) is 18.4. The summed E-state index contributed by atoms with van der Waals surface area (Å²) in [5.41, 5.74) is 2.96. The van der Waals surface area contributed by atoms with Crippen LogP contribution in [0.25, 0.3) is 10.9 Å². The number of aromatic nitrogens is 2. The minimum Gasteiger partial charge on any atom is -0.591 e. The Labute approximate surface area is 164 Å². The zero-order valence-electron chi connectivity index (χ0n) is 17.3. The van der Waals surface area contributed by atoms with Crippen molar-refractivity contribution in [1.29, 1.82) is 0 Å². The molecule has 0 aliphatic carbocycles. The second-order valence-electron chi connectivity index (χ2n) is 9.13. The predicted molar refractivity (Wildman–Crippen MR) is 113 cm³/mol. The van der Waals surface area contributed by atoms with Crippen molar-refractivity contribution in [1.82, 2.24) is 9.55 Å². The Morgan fingerprint density at radius 2 is 2.00 bits per heavy atom. The highest BCUT2D eigenvalue weighted by Gasteiger charge is 2.32. The van der Waals surface area contributed by atoms with Crippen molar-refractivity contribution < 1.29 is 4.55 Å². The van der Waals surface area contributed by atoms with Gasteiger partial charge in [0, 0.05) is 17.5 Å². The molecule has 0 amide bonds. The third kappa shape index (κ3) is 3.69. The summed E-state index contributed by atoms with van der Waals surface area (Å²) >= 11 is -1.36. The number of nitrogens with zero attached hydrogens (tertiary/aromatic N) is 3. The third-order valence-electron chi connectivity index (χ3n) is 5.13. The van der Waals surface area contributed by atoms with Crippen LogP contribution in [0.4, 0.5) is 0 Å². The molecule has 6 heteroatoms. The van der Waals surface area contributed by atoms with Crippen LogP contribution in [0.1, 0.15) is 71.3 Å². The van der Waals surface area contributed by atoms with E-state index in [4.69, 9.17) is 4.98 Å². The Balaban J connectivity index is 2.30. The van der Waals surface area contributed by atoms with Crippen LogP contribution in [0.2, 0.25) is 0 Å². The highest BCUT2D eigenvalue weighted by atomic mass is 32.2. The van der Waals surface area contributed by atoms with Crippen LogP contribution < -0.4 is 5.56 Å². The number of benzene rings is 1. The average Bonchev–Trinajstić information content (AvgIpc) is 2.54. The summed E-state index contributed by atoms with van der Waals surface area (Å²) in [6, 6.07) is 3.89. The molecule has 0 saturated heterocycles. The molecule has 0 unspecified atom stereocenters. The van der Waals surface area contributed by atoms with Gasteiger partial charge in [-0.3, -0.25) is 9.36 Å². The summed E-state index contributed by atoms with van der Waals surface area (Å²) in [7, 11) is 0. The van der Waals surface area contributed by atoms with Crippen molar-refractivity contribution in [2.75, 3.05) is 0 Å². The van der Waals surface area contributed by atoms with Crippen molar-refractivity contribution in [2.24, 2.45) is 4.40 Å². The Morgan fingerprint density at radius 1 is 1.33 bits per heavy atom. The van der Waals surface area contributed by atoms with Gasteiger partial charge < -0.3 is 4.55 Å². The average molecular weight is 388 g/mol. The number of hydrogen-bond donors (Lipinski definition) is 0. The summed E-state index contributed by atoms with van der Waals surface area (Å²) in [4.78, 5) is 18.1. The van der Waals surface area contributed by atoms with Gasteiger partial charge >= 0.3 is 0 Å². The molecule has 0 spiro atoms. The van der Waals surface area contributed by atoms with Gasteiger partial charge in [-0.05, 0) is 65.2 Å². The molecule has 0 bridgehead atoms. The fourth-order valence-electron chi connectivity index (χ4n) is 3.57. The van der Waals surface area contributed by atoms with Gasteiger partial charge in [-0.25, -0.2) is 4.98 Å². The van der Waals surface area contributed by atoms with E-state index >= 15 is 0 Å². The van der Waals surface area contributed by atoms with Gasteiger partial charge in [0.15, 0.2) is 0 Å². The molecule has 0 N–H and O–H groups in total. The van der Waals surface area contributed by atoms with Crippen LogP contribution >= 0.6 is 0 Å². The highest BCUT2D eigenvalue weighted by molar-refractivity contribution is 7.91. The molecule has 2 heterocycles. The molecule has 1 aromatic carbocycles. The summed E-state index contributed by atoms with van der Waals surface area (Å²) in [5.74, 6) is 0.834. The molecule has 0 saturated carbocycles. The second-order valence-corrected chi connectivity index (χ2v) is 11.0. The van der Waals surface area contributed by atoms with Gasteiger partial charge in [0.25, 0.3) is 5.56 Å². The fraction of sp³-hybridized carbons (Fsp3) is 0.571. The molecule has 1 aliphatic rings. The van der Waals surface area contributed by atoms with Crippen LogP contribution in [0, 0.1) is 6.92 Å². The van der Waals surface area contributed by atoms with Gasteiger partial charge in [-0.2, -0.15) is 0 Å². The molecule has 1 aliphatic heterocycles. The molecular weight excluding hydrogens is 358 g/mol. The van der Waals surface area contributed by atoms with E-state index in [1.54, 1.807) is 0 Å². The standard InChI is InChI=1S/C21H29N3O2S/c1-13-11-15(14(2)23-27(26)20(3,4)5)17-16(12-13)18(25)24-10-8-9-21(6,7)19(24)22-17/h11-12H,8-10H2,1-7H3/t27-/m1/s1. The van der Waals surface area contributed by atoms with Gasteiger partial charge in [0.05, 0.1) is 16.6 Å². The van der Waals surface area contributed by atoms with E-state index in [2.05, 4.69) is 18.2 Å². The van der Waals surface area contributed by atoms with Crippen molar-refractivity contribution in [3.05, 3.63) is 39.4 Å². The van der Waals surface area contributed by atoms with Crippen molar-refractivity contribution >= 4 is 28.0 Å². The van der Waals surface area contributed by atoms with Gasteiger partial charge in [-0.15, -0.1) is 0 Å². The van der Waals surface area contributed by atoms with Gasteiger partial charge in [0.1, 0.15) is 21.9 Å². The number of rotatable bonds is 2. The maximum Gasteiger partial charge on any atom is 0.261 e. The summed E-state index contributed by atoms with van der Waals surface area (Å²) in [6.45, 7) is 14.5. The monoisotopic (exact) mass is 387 g/mol. The van der Waals surface area contributed by atoms with Crippen LogP contribution in [-0.2, 0) is 23.3 Å². The summed E-state index contributed by atoms with van der Waals surface area (Å²) < 4.78 is 18.3. The Bertz CT molecular complexity index is 984. The molecule has 0 fully saturated rings. The quantitative estimate of drug-likeness (QED) is 0.576. The lowest BCUT2D eigenvalue weighted by Gasteiger charge is -2.32. The third-order valence-corrected chi connectivity index (χ3v) is 6.61. The minimum atomic E-state index is -1.36. The van der Waals surface area contributed by atoms with E-state index in [9.17, 15) is 9.35 Å². The first-order valence-electron chi connectivity index (χ1n) is 9.45. The topological polar surface area (TPSA) is 70.3 Å². The molecule has 3 rings (SSSR count). The Hall–Kier alpha value is -1.66. The fourth-order valence-corrected chi connectivity index (χ4v) is 4.19. The molecule has 1 atom stereocenters. The summed E-state index contributed by atoms with van der Waals surface area (Å²) in [5, 5.41) is 0.613. The lowest BCUT2D eigenvalue weighted by atomic mass is 9.84. The van der Waals surface area contributed by atoms with Gasteiger partial charge in [-0.1, -0.05) is 18.2 Å². The Morgan fingerprint density at radius 3 is 2.63 bits per heavy atom. The largest absolute Gasteiger partial charge is 0.591 e. The van der Waals surface area contributed by atoms with Crippen molar-refractivity contribution in [2.45, 2.75) is 78.0 Å². The van der Waals surface area contributed by atoms with E-state index in [1.165, 1.54) is 0 Å². The van der Waals surface area contributed by atoms with E-state index in [-0.39, 0.29) is 11.0 Å². The van der Waals surface area contributed by atoms with Gasteiger partial charge in [0.2, 0.25) is 0 Å². The number of aryl methyl sites for hydroxylation is 1. The van der Waals surface area contributed by atoms with Crippen LogP contribution in [-0.4, -0.2) is 24.6 Å². The first-order chi connectivity index (χ1) is 12.4. The molecule has 5 nitrogen and oxygen atoms in total. The maximum atomic E-state index is 13.2. The predicted octanol–water partition coefficient (Wildman–Crippen LogP) is 4.05.